The zero-order valence-electron chi connectivity index (χ0n) is 15.7. The number of hydrogen-bond acceptors (Lipinski definition) is 3. The van der Waals surface area contributed by atoms with Crippen LogP contribution in [0, 0.1) is 0 Å². The standard InChI is InChI=1S/C23H29NO2/c1-19(25)8-5-6-9-20-13-15-21(16-14-20)24-17-7-12-23(18-24)26-22-10-3-2-4-11-22/h2-4,10-11,13-16,23H,5-9,12,17-18H2,1H3. The van der Waals surface area contributed by atoms with Crippen LogP contribution in [-0.2, 0) is 11.2 Å². The van der Waals surface area contributed by atoms with Gasteiger partial charge in [0.25, 0.3) is 0 Å². The van der Waals surface area contributed by atoms with Crippen LogP contribution < -0.4 is 9.64 Å². The number of ether oxygens (including phenoxy) is 1. The first kappa shape index (κ1) is 18.5. The first-order chi connectivity index (χ1) is 12.7. The van der Waals surface area contributed by atoms with Gasteiger partial charge in [-0.2, -0.15) is 0 Å². The maximum Gasteiger partial charge on any atom is 0.129 e. The molecule has 1 aliphatic heterocycles. The minimum Gasteiger partial charge on any atom is -0.489 e. The predicted octanol–water partition coefficient (Wildman–Crippen LogP) is 5.04. The van der Waals surface area contributed by atoms with Gasteiger partial charge in [0.15, 0.2) is 0 Å². The van der Waals surface area contributed by atoms with E-state index in [4.69, 9.17) is 4.74 Å². The van der Waals surface area contributed by atoms with Gasteiger partial charge in [0.05, 0.1) is 6.54 Å². The Labute approximate surface area is 157 Å². The normalized spacial score (nSPS) is 17.1. The van der Waals surface area contributed by atoms with Crippen molar-refractivity contribution in [3.05, 3.63) is 60.2 Å². The quantitative estimate of drug-likeness (QED) is 0.624. The fourth-order valence-electron chi connectivity index (χ4n) is 3.54. The fourth-order valence-corrected chi connectivity index (χ4v) is 3.54. The summed E-state index contributed by atoms with van der Waals surface area (Å²) in [5, 5.41) is 0. The molecule has 2 aromatic rings. The molecule has 1 heterocycles. The lowest BCUT2D eigenvalue weighted by atomic mass is 10.0. The van der Waals surface area contributed by atoms with Crippen LogP contribution in [0.1, 0.15) is 44.6 Å². The Morgan fingerprint density at radius 2 is 1.85 bits per heavy atom. The van der Waals surface area contributed by atoms with Gasteiger partial charge in [0.2, 0.25) is 0 Å². The number of piperidine rings is 1. The van der Waals surface area contributed by atoms with E-state index in [1.165, 1.54) is 11.3 Å². The molecule has 3 nitrogen and oxygen atoms in total. The third kappa shape index (κ3) is 5.62. The Bertz CT molecular complexity index is 681. The zero-order chi connectivity index (χ0) is 18.2. The number of ketones is 1. The van der Waals surface area contributed by atoms with E-state index >= 15 is 0 Å². The van der Waals surface area contributed by atoms with Gasteiger partial charge in [-0.05, 0) is 68.9 Å². The van der Waals surface area contributed by atoms with Crippen LogP contribution in [0.5, 0.6) is 5.75 Å². The molecule has 1 unspecified atom stereocenters. The lowest BCUT2D eigenvalue weighted by Crippen LogP contribution is -2.41. The van der Waals surface area contributed by atoms with Crippen LogP contribution in [0.15, 0.2) is 54.6 Å². The Morgan fingerprint density at radius 1 is 1.08 bits per heavy atom. The van der Waals surface area contributed by atoms with E-state index in [9.17, 15) is 4.79 Å². The van der Waals surface area contributed by atoms with Crippen molar-refractivity contribution in [2.45, 2.75) is 51.6 Å². The highest BCUT2D eigenvalue weighted by molar-refractivity contribution is 5.75. The predicted molar refractivity (Wildman–Crippen MR) is 107 cm³/mol. The summed E-state index contributed by atoms with van der Waals surface area (Å²) in [4.78, 5) is 13.4. The Balaban J connectivity index is 1.51. The van der Waals surface area contributed by atoms with E-state index in [2.05, 4.69) is 29.2 Å². The number of para-hydroxylation sites is 1. The van der Waals surface area contributed by atoms with Crippen LogP contribution >= 0.6 is 0 Å². The van der Waals surface area contributed by atoms with E-state index < -0.39 is 0 Å². The molecule has 0 spiro atoms. The molecule has 1 aliphatic rings. The average Bonchev–Trinajstić information content (AvgIpc) is 2.67. The minimum atomic E-state index is 0.248. The van der Waals surface area contributed by atoms with E-state index in [1.54, 1.807) is 6.92 Å². The number of nitrogens with zero attached hydrogens (tertiary/aromatic N) is 1. The van der Waals surface area contributed by atoms with E-state index in [0.29, 0.717) is 6.42 Å². The van der Waals surface area contributed by atoms with Crippen molar-refractivity contribution < 1.29 is 9.53 Å². The maximum absolute atomic E-state index is 11.0. The summed E-state index contributed by atoms with van der Waals surface area (Å²) in [6.07, 6.45) is 6.33. The first-order valence-electron chi connectivity index (χ1n) is 9.76. The SMILES string of the molecule is CC(=O)CCCCc1ccc(N2CCCC(Oc3ccccc3)C2)cc1. The number of benzene rings is 2. The van der Waals surface area contributed by atoms with Crippen LogP contribution in [0.25, 0.3) is 0 Å². The molecule has 3 rings (SSSR count). The van der Waals surface area contributed by atoms with Gasteiger partial charge in [0.1, 0.15) is 17.6 Å². The molecule has 1 fully saturated rings. The Kier molecular flexibility index (Phi) is 6.70. The number of rotatable bonds is 8. The lowest BCUT2D eigenvalue weighted by Gasteiger charge is -2.34. The number of hydrogen-bond donors (Lipinski definition) is 0. The molecule has 0 amide bonds. The highest BCUT2D eigenvalue weighted by Gasteiger charge is 2.21. The van der Waals surface area contributed by atoms with Gasteiger partial charge in [0, 0.05) is 18.7 Å². The summed E-state index contributed by atoms with van der Waals surface area (Å²) in [5.74, 6) is 1.25. The van der Waals surface area contributed by atoms with Gasteiger partial charge in [-0.15, -0.1) is 0 Å². The second-order valence-corrected chi connectivity index (χ2v) is 7.22. The van der Waals surface area contributed by atoms with E-state index in [0.717, 1.165) is 50.9 Å². The van der Waals surface area contributed by atoms with Crippen molar-refractivity contribution in [2.24, 2.45) is 0 Å². The van der Waals surface area contributed by atoms with Crippen LogP contribution in [0.4, 0.5) is 5.69 Å². The number of anilines is 1. The first-order valence-corrected chi connectivity index (χ1v) is 9.76. The molecule has 1 atom stereocenters. The summed E-state index contributed by atoms with van der Waals surface area (Å²) < 4.78 is 6.15. The van der Waals surface area contributed by atoms with E-state index in [-0.39, 0.29) is 11.9 Å². The highest BCUT2D eigenvalue weighted by atomic mass is 16.5. The summed E-state index contributed by atoms with van der Waals surface area (Å²) in [5.41, 5.74) is 2.63. The molecule has 0 bridgehead atoms. The molecule has 1 saturated heterocycles. The smallest absolute Gasteiger partial charge is 0.129 e. The molecular weight excluding hydrogens is 322 g/mol. The summed E-state index contributed by atoms with van der Waals surface area (Å²) >= 11 is 0. The average molecular weight is 351 g/mol. The number of aryl methyl sites for hydroxylation is 1. The van der Waals surface area contributed by atoms with Crippen LogP contribution in [-0.4, -0.2) is 25.0 Å². The third-order valence-corrected chi connectivity index (χ3v) is 4.97. The minimum absolute atomic E-state index is 0.248. The van der Waals surface area contributed by atoms with Crippen molar-refractivity contribution in [1.82, 2.24) is 0 Å². The second-order valence-electron chi connectivity index (χ2n) is 7.22. The van der Waals surface area contributed by atoms with E-state index in [1.807, 2.05) is 30.3 Å². The Morgan fingerprint density at radius 3 is 2.58 bits per heavy atom. The molecular formula is C23H29NO2. The molecule has 26 heavy (non-hydrogen) atoms. The van der Waals surface area contributed by atoms with Crippen molar-refractivity contribution in [1.29, 1.82) is 0 Å². The van der Waals surface area contributed by atoms with Crippen LogP contribution in [0.3, 0.4) is 0 Å². The second kappa shape index (κ2) is 9.42. The molecule has 0 N–H and O–H groups in total. The summed E-state index contributed by atoms with van der Waals surface area (Å²) in [6, 6.07) is 19.0. The van der Waals surface area contributed by atoms with Gasteiger partial charge in [-0.1, -0.05) is 30.3 Å². The third-order valence-electron chi connectivity index (χ3n) is 4.97. The van der Waals surface area contributed by atoms with Crippen molar-refractivity contribution >= 4 is 11.5 Å². The largest absolute Gasteiger partial charge is 0.489 e. The van der Waals surface area contributed by atoms with Gasteiger partial charge >= 0.3 is 0 Å². The van der Waals surface area contributed by atoms with Crippen molar-refractivity contribution in [3.63, 3.8) is 0 Å². The monoisotopic (exact) mass is 351 g/mol. The number of carbonyl (C=O) groups excluding carboxylic acids is 1. The molecule has 0 saturated carbocycles. The molecule has 3 heteroatoms. The summed E-state index contributed by atoms with van der Waals surface area (Å²) in [7, 11) is 0. The molecule has 2 aromatic carbocycles. The van der Waals surface area contributed by atoms with Crippen molar-refractivity contribution in [2.75, 3.05) is 18.0 Å². The van der Waals surface area contributed by atoms with Crippen LogP contribution in [0.2, 0.25) is 0 Å². The number of unbranched alkanes of at least 4 members (excludes halogenated alkanes) is 1. The fraction of sp³-hybridized carbons (Fsp3) is 0.435. The van der Waals surface area contributed by atoms with Crippen molar-refractivity contribution in [3.8, 4) is 5.75 Å². The molecule has 0 radical (unpaired) electrons. The van der Waals surface area contributed by atoms with Gasteiger partial charge in [-0.3, -0.25) is 0 Å². The highest BCUT2D eigenvalue weighted by Crippen LogP contribution is 2.24. The Hall–Kier alpha value is -2.29. The van der Waals surface area contributed by atoms with Gasteiger partial charge < -0.3 is 14.4 Å². The number of Topliss-reactive ketones (excluding diaryl/α,β-unsaturated/α-hetero) is 1. The molecule has 0 aromatic heterocycles. The molecule has 138 valence electrons. The van der Waals surface area contributed by atoms with Gasteiger partial charge in [-0.25, -0.2) is 0 Å². The maximum atomic E-state index is 11.0. The topological polar surface area (TPSA) is 29.5 Å². The molecule has 0 aliphatic carbocycles. The lowest BCUT2D eigenvalue weighted by molar-refractivity contribution is -0.117. The zero-order valence-corrected chi connectivity index (χ0v) is 15.7. The number of carbonyl (C=O) groups is 1. The summed E-state index contributed by atoms with van der Waals surface area (Å²) in [6.45, 7) is 3.70.